The molecule has 13 heavy (non-hydrogen) atoms. The molecule has 0 aromatic carbocycles. The number of hydrogen-bond acceptors (Lipinski definition) is 3. The topological polar surface area (TPSA) is 37.4 Å². The van der Waals surface area contributed by atoms with Crippen LogP contribution >= 0.6 is 11.6 Å². The molecule has 0 aliphatic carbocycles. The minimum absolute atomic E-state index is 0.232. The van der Waals surface area contributed by atoms with E-state index in [9.17, 15) is 8.42 Å². The third kappa shape index (κ3) is 3.83. The number of hydrogen-bond donors (Lipinski definition) is 0. The van der Waals surface area contributed by atoms with Gasteiger partial charge in [0.15, 0.2) is 9.84 Å². The second-order valence-electron chi connectivity index (χ2n) is 3.71. The predicted octanol–water partition coefficient (Wildman–Crippen LogP) is 0.592. The molecule has 0 spiro atoms. The Labute approximate surface area is 85.0 Å². The first-order chi connectivity index (χ1) is 6.03. The van der Waals surface area contributed by atoms with Crippen molar-refractivity contribution in [3.8, 4) is 0 Å². The van der Waals surface area contributed by atoms with Crippen LogP contribution in [0.15, 0.2) is 0 Å². The fourth-order valence-electron chi connectivity index (χ4n) is 1.69. The molecule has 1 aliphatic heterocycles. The molecule has 1 fully saturated rings. The lowest BCUT2D eigenvalue weighted by Gasteiger charge is -2.19. The van der Waals surface area contributed by atoms with Gasteiger partial charge in [0.05, 0.1) is 11.5 Å². The molecule has 3 nitrogen and oxygen atoms in total. The Bertz CT molecular complexity index is 253. The minimum Gasteiger partial charge on any atom is -0.301 e. The van der Waals surface area contributed by atoms with Crippen molar-refractivity contribution < 1.29 is 8.42 Å². The van der Waals surface area contributed by atoms with Gasteiger partial charge in [0.2, 0.25) is 0 Å². The average Bonchev–Trinajstić information content (AvgIpc) is 2.10. The minimum atomic E-state index is -2.80. The molecule has 0 radical (unpaired) electrons. The summed E-state index contributed by atoms with van der Waals surface area (Å²) in [6, 6.07) is 0. The second kappa shape index (κ2) is 4.62. The summed E-state index contributed by atoms with van der Waals surface area (Å²) in [7, 11) is -2.80. The first-order valence-electron chi connectivity index (χ1n) is 4.52. The van der Waals surface area contributed by atoms with Gasteiger partial charge >= 0.3 is 0 Å². The van der Waals surface area contributed by atoms with Crippen molar-refractivity contribution in [3.63, 3.8) is 0 Å². The zero-order valence-electron chi connectivity index (χ0n) is 7.87. The molecule has 1 saturated heterocycles. The normalized spacial score (nSPS) is 29.8. The van der Waals surface area contributed by atoms with Crippen molar-refractivity contribution in [1.82, 2.24) is 4.90 Å². The lowest BCUT2D eigenvalue weighted by molar-refractivity contribution is 0.280. The van der Waals surface area contributed by atoms with Crippen molar-refractivity contribution in [3.05, 3.63) is 0 Å². The Morgan fingerprint density at radius 1 is 1.54 bits per heavy atom. The first-order valence-corrected chi connectivity index (χ1v) is 6.88. The second-order valence-corrected chi connectivity index (χ2v) is 6.32. The maximum Gasteiger partial charge on any atom is 0.151 e. The lowest BCUT2D eigenvalue weighted by Crippen LogP contribution is -2.30. The Kier molecular flexibility index (Phi) is 4.01. The number of sulfone groups is 1. The first kappa shape index (κ1) is 11.3. The molecule has 1 atom stereocenters. The number of halogens is 1. The van der Waals surface area contributed by atoms with Crippen molar-refractivity contribution in [2.24, 2.45) is 5.92 Å². The summed E-state index contributed by atoms with van der Waals surface area (Å²) < 4.78 is 22.7. The van der Waals surface area contributed by atoms with Crippen LogP contribution in [0.5, 0.6) is 0 Å². The fraction of sp³-hybridized carbons (Fsp3) is 1.00. The van der Waals surface area contributed by atoms with Crippen molar-refractivity contribution in [2.75, 3.05) is 37.0 Å². The summed E-state index contributed by atoms with van der Waals surface area (Å²) in [5.74, 6) is 1.42. The van der Waals surface area contributed by atoms with E-state index in [0.29, 0.717) is 18.2 Å². The van der Waals surface area contributed by atoms with Crippen LogP contribution in [0.2, 0.25) is 0 Å². The number of rotatable bonds is 2. The van der Waals surface area contributed by atoms with E-state index < -0.39 is 9.84 Å². The van der Waals surface area contributed by atoms with Crippen LogP contribution in [0, 0.1) is 5.92 Å². The maximum atomic E-state index is 11.4. The van der Waals surface area contributed by atoms with Gasteiger partial charge in [-0.2, -0.15) is 0 Å². The molecule has 1 heterocycles. The summed E-state index contributed by atoms with van der Waals surface area (Å²) in [6.07, 6.45) is 0. The van der Waals surface area contributed by atoms with Crippen molar-refractivity contribution >= 4 is 21.4 Å². The van der Waals surface area contributed by atoms with Gasteiger partial charge in [0.1, 0.15) is 0 Å². The van der Waals surface area contributed by atoms with Crippen LogP contribution in [0.3, 0.4) is 0 Å². The van der Waals surface area contributed by atoms with E-state index in [2.05, 4.69) is 4.90 Å². The van der Waals surface area contributed by atoms with Crippen LogP contribution < -0.4 is 0 Å². The van der Waals surface area contributed by atoms with Crippen LogP contribution in [-0.4, -0.2) is 50.3 Å². The highest BCUT2D eigenvalue weighted by Gasteiger charge is 2.23. The standard InChI is InChI=1S/C8H16ClNO2S/c1-8-6-10(3-2-9)4-5-13(11,12)7-8/h8H,2-7H2,1H3. The van der Waals surface area contributed by atoms with E-state index in [-0.39, 0.29) is 11.7 Å². The molecule has 0 amide bonds. The summed E-state index contributed by atoms with van der Waals surface area (Å²) in [5.41, 5.74) is 0. The van der Waals surface area contributed by atoms with Gasteiger partial charge in [-0.3, -0.25) is 0 Å². The van der Waals surface area contributed by atoms with Crippen LogP contribution in [0.1, 0.15) is 6.92 Å². The highest BCUT2D eigenvalue weighted by Crippen LogP contribution is 2.10. The van der Waals surface area contributed by atoms with E-state index >= 15 is 0 Å². The maximum absolute atomic E-state index is 11.4. The van der Waals surface area contributed by atoms with Crippen LogP contribution in [0.4, 0.5) is 0 Å². The van der Waals surface area contributed by atoms with Crippen LogP contribution in [-0.2, 0) is 9.84 Å². The molecule has 78 valence electrons. The molecule has 0 aromatic rings. The number of alkyl halides is 1. The van der Waals surface area contributed by atoms with E-state index in [1.807, 2.05) is 6.92 Å². The molecule has 5 heteroatoms. The van der Waals surface area contributed by atoms with E-state index in [0.717, 1.165) is 13.1 Å². The third-order valence-electron chi connectivity index (χ3n) is 2.23. The van der Waals surface area contributed by atoms with Gasteiger partial charge in [-0.05, 0) is 5.92 Å². The molecular weight excluding hydrogens is 210 g/mol. The average molecular weight is 226 g/mol. The Morgan fingerprint density at radius 2 is 2.23 bits per heavy atom. The van der Waals surface area contributed by atoms with Crippen molar-refractivity contribution in [2.45, 2.75) is 6.92 Å². The fourth-order valence-corrected chi connectivity index (χ4v) is 3.61. The third-order valence-corrected chi connectivity index (χ3v) is 4.28. The zero-order chi connectivity index (χ0) is 9.90. The molecule has 1 rings (SSSR count). The molecule has 1 unspecified atom stereocenters. The highest BCUT2D eigenvalue weighted by atomic mass is 35.5. The Hall–Kier alpha value is 0.200. The Balaban J connectivity index is 2.58. The summed E-state index contributed by atoms with van der Waals surface area (Å²) >= 11 is 5.62. The summed E-state index contributed by atoms with van der Waals surface area (Å²) in [6.45, 7) is 4.26. The molecule has 0 saturated carbocycles. The molecule has 0 bridgehead atoms. The molecule has 0 N–H and O–H groups in total. The van der Waals surface area contributed by atoms with Gasteiger partial charge in [-0.1, -0.05) is 6.92 Å². The smallest absolute Gasteiger partial charge is 0.151 e. The van der Waals surface area contributed by atoms with Crippen molar-refractivity contribution in [1.29, 1.82) is 0 Å². The predicted molar refractivity (Wildman–Crippen MR) is 55.0 cm³/mol. The Morgan fingerprint density at radius 3 is 2.85 bits per heavy atom. The highest BCUT2D eigenvalue weighted by molar-refractivity contribution is 7.91. The monoisotopic (exact) mass is 225 g/mol. The van der Waals surface area contributed by atoms with Gasteiger partial charge < -0.3 is 4.90 Å². The largest absolute Gasteiger partial charge is 0.301 e. The molecular formula is C8H16ClNO2S. The SMILES string of the molecule is CC1CN(CCCl)CCS(=O)(=O)C1. The van der Waals surface area contributed by atoms with Gasteiger partial charge in [-0.15, -0.1) is 11.6 Å². The molecule has 0 aromatic heterocycles. The van der Waals surface area contributed by atoms with E-state index in [1.165, 1.54) is 0 Å². The van der Waals surface area contributed by atoms with Gasteiger partial charge in [-0.25, -0.2) is 8.42 Å². The van der Waals surface area contributed by atoms with Crippen LogP contribution in [0.25, 0.3) is 0 Å². The zero-order valence-corrected chi connectivity index (χ0v) is 9.44. The summed E-state index contributed by atoms with van der Waals surface area (Å²) in [4.78, 5) is 2.13. The summed E-state index contributed by atoms with van der Waals surface area (Å²) in [5, 5.41) is 0. The number of nitrogens with zero attached hydrogens (tertiary/aromatic N) is 1. The van der Waals surface area contributed by atoms with Gasteiger partial charge in [0, 0.05) is 25.5 Å². The molecule has 1 aliphatic rings. The van der Waals surface area contributed by atoms with E-state index in [1.54, 1.807) is 0 Å². The lowest BCUT2D eigenvalue weighted by atomic mass is 10.2. The van der Waals surface area contributed by atoms with Gasteiger partial charge in [0.25, 0.3) is 0 Å². The van der Waals surface area contributed by atoms with E-state index in [4.69, 9.17) is 11.6 Å². The quantitative estimate of drug-likeness (QED) is 0.646.